The fraction of sp³-hybridized carbons (Fsp3) is 0.357. The van der Waals surface area contributed by atoms with Crippen molar-refractivity contribution < 1.29 is 0 Å². The van der Waals surface area contributed by atoms with E-state index in [1.165, 1.54) is 0 Å². The van der Waals surface area contributed by atoms with Crippen molar-refractivity contribution in [3.8, 4) is 11.5 Å². The van der Waals surface area contributed by atoms with Crippen LogP contribution >= 0.6 is 0 Å². The summed E-state index contributed by atoms with van der Waals surface area (Å²) < 4.78 is 0. The van der Waals surface area contributed by atoms with Crippen molar-refractivity contribution in [1.29, 1.82) is 0 Å². The lowest BCUT2D eigenvalue weighted by Crippen LogP contribution is -2.15. The normalized spacial score (nSPS) is 11.6. The zero-order valence-corrected chi connectivity index (χ0v) is 11.2. The molecule has 2 rings (SSSR count). The van der Waals surface area contributed by atoms with Gasteiger partial charge in [0.25, 0.3) is 0 Å². The van der Waals surface area contributed by atoms with Crippen molar-refractivity contribution in [2.45, 2.75) is 33.1 Å². The maximum Gasteiger partial charge on any atom is 0.180 e. The van der Waals surface area contributed by atoms with Crippen LogP contribution in [0.2, 0.25) is 0 Å². The predicted molar refractivity (Wildman–Crippen MR) is 73.1 cm³/mol. The van der Waals surface area contributed by atoms with Crippen LogP contribution in [0.3, 0.4) is 0 Å². The molecule has 0 aliphatic heterocycles. The van der Waals surface area contributed by atoms with Crippen LogP contribution in [0.1, 0.15) is 32.0 Å². The van der Waals surface area contributed by atoms with Crippen LogP contribution in [0.25, 0.3) is 11.5 Å². The molecule has 0 radical (unpaired) electrons. The highest BCUT2D eigenvalue weighted by atomic mass is 15.0. The third-order valence-corrected chi connectivity index (χ3v) is 2.65. The van der Waals surface area contributed by atoms with E-state index in [4.69, 9.17) is 5.73 Å². The third-order valence-electron chi connectivity index (χ3n) is 2.65. The van der Waals surface area contributed by atoms with Crippen LogP contribution in [-0.2, 0) is 5.41 Å². The highest BCUT2D eigenvalue weighted by molar-refractivity contribution is 5.52. The minimum atomic E-state index is -0.0590. The molecule has 0 aliphatic rings. The van der Waals surface area contributed by atoms with Crippen molar-refractivity contribution in [2.24, 2.45) is 0 Å². The number of nitrogens with two attached hydrogens (primary N) is 1. The third kappa shape index (κ3) is 2.64. The lowest BCUT2D eigenvalue weighted by molar-refractivity contribution is 0.568. The van der Waals surface area contributed by atoms with Gasteiger partial charge in [0, 0.05) is 17.7 Å². The fourth-order valence-electron chi connectivity index (χ4n) is 1.56. The van der Waals surface area contributed by atoms with Gasteiger partial charge in [-0.1, -0.05) is 26.8 Å². The number of nitrogens with zero attached hydrogens (tertiary/aromatic N) is 3. The zero-order chi connectivity index (χ0) is 13.3. The molecule has 2 aromatic heterocycles. The topological polar surface area (TPSA) is 64.7 Å². The quantitative estimate of drug-likeness (QED) is 0.835. The van der Waals surface area contributed by atoms with Crippen molar-refractivity contribution >= 4 is 5.82 Å². The molecule has 0 amide bonds. The summed E-state index contributed by atoms with van der Waals surface area (Å²) in [5, 5.41) is 0. The highest BCUT2D eigenvalue weighted by Gasteiger charge is 2.18. The van der Waals surface area contributed by atoms with E-state index in [0.29, 0.717) is 11.6 Å². The molecular formula is C14H18N4. The molecule has 2 aromatic rings. The molecule has 0 fully saturated rings. The van der Waals surface area contributed by atoms with Gasteiger partial charge in [0.2, 0.25) is 0 Å². The standard InChI is InChI=1S/C14H18N4/c1-9-5-6-10(16-8-9)13-17-11(14(2,3)4)7-12(15)18-13/h5-8H,1-4H3,(H2,15,17,18). The molecule has 0 saturated carbocycles. The van der Waals surface area contributed by atoms with Gasteiger partial charge < -0.3 is 5.73 Å². The monoisotopic (exact) mass is 242 g/mol. The number of hydrogen-bond donors (Lipinski definition) is 1. The number of pyridine rings is 1. The molecule has 0 bridgehead atoms. The van der Waals surface area contributed by atoms with Crippen LogP contribution in [0.15, 0.2) is 24.4 Å². The summed E-state index contributed by atoms with van der Waals surface area (Å²) in [6.45, 7) is 8.29. The van der Waals surface area contributed by atoms with E-state index in [1.807, 2.05) is 25.1 Å². The Balaban J connectivity index is 2.52. The molecular weight excluding hydrogens is 224 g/mol. The second-order valence-corrected chi connectivity index (χ2v) is 5.47. The van der Waals surface area contributed by atoms with Crippen LogP contribution in [0.5, 0.6) is 0 Å². The first-order valence-corrected chi connectivity index (χ1v) is 5.94. The molecule has 4 nitrogen and oxygen atoms in total. The predicted octanol–water partition coefficient (Wildman–Crippen LogP) is 2.73. The minimum absolute atomic E-state index is 0.0590. The Kier molecular flexibility index (Phi) is 3.03. The second kappa shape index (κ2) is 4.37. The van der Waals surface area contributed by atoms with Crippen LogP contribution in [-0.4, -0.2) is 15.0 Å². The minimum Gasteiger partial charge on any atom is -0.384 e. The highest BCUT2D eigenvalue weighted by Crippen LogP contribution is 2.24. The van der Waals surface area contributed by atoms with Crippen molar-refractivity contribution in [1.82, 2.24) is 15.0 Å². The summed E-state index contributed by atoms with van der Waals surface area (Å²) in [6.07, 6.45) is 1.80. The summed E-state index contributed by atoms with van der Waals surface area (Å²) in [4.78, 5) is 13.1. The summed E-state index contributed by atoms with van der Waals surface area (Å²) in [5.74, 6) is 1.06. The van der Waals surface area contributed by atoms with Gasteiger partial charge in [-0.2, -0.15) is 0 Å². The van der Waals surface area contributed by atoms with E-state index >= 15 is 0 Å². The Morgan fingerprint density at radius 2 is 1.83 bits per heavy atom. The van der Waals surface area contributed by atoms with Gasteiger partial charge in [0.15, 0.2) is 5.82 Å². The van der Waals surface area contributed by atoms with Gasteiger partial charge in [-0.25, -0.2) is 9.97 Å². The molecule has 0 spiro atoms. The number of nitrogen functional groups attached to an aromatic ring is 1. The first kappa shape index (κ1) is 12.5. The number of rotatable bonds is 1. The molecule has 4 heteroatoms. The average molecular weight is 242 g/mol. The lowest BCUT2D eigenvalue weighted by atomic mass is 9.92. The van der Waals surface area contributed by atoms with E-state index < -0.39 is 0 Å². The lowest BCUT2D eigenvalue weighted by Gasteiger charge is -2.18. The van der Waals surface area contributed by atoms with Crippen molar-refractivity contribution in [2.75, 3.05) is 5.73 Å². The van der Waals surface area contributed by atoms with Crippen LogP contribution in [0.4, 0.5) is 5.82 Å². The van der Waals surface area contributed by atoms with Crippen molar-refractivity contribution in [3.05, 3.63) is 35.7 Å². The largest absolute Gasteiger partial charge is 0.384 e. The van der Waals surface area contributed by atoms with Gasteiger partial charge in [0.1, 0.15) is 11.5 Å². The smallest absolute Gasteiger partial charge is 0.180 e. The first-order valence-electron chi connectivity index (χ1n) is 5.94. The van der Waals surface area contributed by atoms with Crippen LogP contribution in [0, 0.1) is 6.92 Å². The molecule has 0 unspecified atom stereocenters. The van der Waals surface area contributed by atoms with E-state index in [0.717, 1.165) is 17.0 Å². The van der Waals surface area contributed by atoms with Gasteiger partial charge in [0.05, 0.1) is 5.69 Å². The molecule has 18 heavy (non-hydrogen) atoms. The number of aromatic nitrogens is 3. The van der Waals surface area contributed by atoms with E-state index in [1.54, 1.807) is 6.20 Å². The fourth-order valence-corrected chi connectivity index (χ4v) is 1.56. The molecule has 0 aliphatic carbocycles. The van der Waals surface area contributed by atoms with Crippen molar-refractivity contribution in [3.63, 3.8) is 0 Å². The van der Waals surface area contributed by atoms with Gasteiger partial charge in [-0.3, -0.25) is 4.98 Å². The number of aryl methyl sites for hydroxylation is 1. The van der Waals surface area contributed by atoms with E-state index in [9.17, 15) is 0 Å². The Bertz CT molecular complexity index is 553. The SMILES string of the molecule is Cc1ccc(-c2nc(N)cc(C(C)(C)C)n2)nc1. The molecule has 94 valence electrons. The van der Waals surface area contributed by atoms with Crippen LogP contribution < -0.4 is 5.73 Å². The summed E-state index contributed by atoms with van der Waals surface area (Å²) in [6, 6.07) is 5.72. The van der Waals surface area contributed by atoms with E-state index in [2.05, 4.69) is 35.7 Å². The van der Waals surface area contributed by atoms with Gasteiger partial charge in [-0.05, 0) is 18.6 Å². The Morgan fingerprint density at radius 1 is 1.11 bits per heavy atom. The Labute approximate surface area is 107 Å². The summed E-state index contributed by atoms with van der Waals surface area (Å²) >= 11 is 0. The molecule has 0 aromatic carbocycles. The zero-order valence-electron chi connectivity index (χ0n) is 11.2. The first-order chi connectivity index (χ1) is 8.36. The Morgan fingerprint density at radius 3 is 2.39 bits per heavy atom. The summed E-state index contributed by atoms with van der Waals surface area (Å²) in [5.41, 5.74) is 8.57. The molecule has 0 saturated heterocycles. The van der Waals surface area contributed by atoms with Gasteiger partial charge in [-0.15, -0.1) is 0 Å². The molecule has 2 heterocycles. The molecule has 0 atom stereocenters. The van der Waals surface area contributed by atoms with E-state index in [-0.39, 0.29) is 5.41 Å². The maximum absolute atomic E-state index is 5.84. The average Bonchev–Trinajstić information content (AvgIpc) is 2.28. The number of anilines is 1. The second-order valence-electron chi connectivity index (χ2n) is 5.47. The Hall–Kier alpha value is -1.97. The summed E-state index contributed by atoms with van der Waals surface area (Å²) in [7, 11) is 0. The maximum atomic E-state index is 5.84. The number of hydrogen-bond acceptors (Lipinski definition) is 4. The molecule has 2 N–H and O–H groups in total. The van der Waals surface area contributed by atoms with Gasteiger partial charge >= 0.3 is 0 Å².